The predicted molar refractivity (Wildman–Crippen MR) is 110 cm³/mol. The Morgan fingerprint density at radius 3 is 2.57 bits per heavy atom. The van der Waals surface area contributed by atoms with Crippen LogP contribution in [0.2, 0.25) is 0 Å². The number of likely N-dealkylation sites (tertiary alicyclic amines) is 1. The molecule has 1 saturated heterocycles. The summed E-state index contributed by atoms with van der Waals surface area (Å²) in [6.07, 6.45) is 4.76. The minimum absolute atomic E-state index is 0.0753. The van der Waals surface area contributed by atoms with Crippen LogP contribution in [0.1, 0.15) is 23.6 Å². The summed E-state index contributed by atoms with van der Waals surface area (Å²) in [5, 5.41) is 0. The zero-order chi connectivity index (χ0) is 18.9. The molecule has 0 aliphatic carbocycles. The second-order valence-corrected chi connectivity index (χ2v) is 7.45. The largest absolute Gasteiger partial charge is 0.323 e. The van der Waals surface area contributed by atoms with Crippen LogP contribution in [0, 0.1) is 0 Å². The van der Waals surface area contributed by atoms with Crippen LogP contribution in [0.5, 0.6) is 0 Å². The van der Waals surface area contributed by atoms with Crippen LogP contribution in [0.3, 0.4) is 0 Å². The van der Waals surface area contributed by atoms with Gasteiger partial charge in [0.2, 0.25) is 0 Å². The Balaban J connectivity index is 1.44. The molecule has 0 saturated carbocycles. The molecule has 0 amide bonds. The van der Waals surface area contributed by atoms with Crippen LogP contribution in [0.25, 0.3) is 16.9 Å². The van der Waals surface area contributed by atoms with E-state index in [4.69, 9.17) is 0 Å². The first-order valence-corrected chi connectivity index (χ1v) is 9.70. The molecule has 28 heavy (non-hydrogen) atoms. The molecular weight excluding hydrogens is 348 g/mol. The van der Waals surface area contributed by atoms with E-state index in [1.807, 2.05) is 40.8 Å². The van der Waals surface area contributed by atoms with Gasteiger partial charge in [0.05, 0.1) is 6.20 Å². The first kappa shape index (κ1) is 17.0. The minimum atomic E-state index is -0.0753. The Morgan fingerprint density at radius 1 is 1.04 bits per heavy atom. The van der Waals surface area contributed by atoms with E-state index < -0.39 is 0 Å². The number of benzene rings is 2. The van der Waals surface area contributed by atoms with Gasteiger partial charge in [-0.2, -0.15) is 0 Å². The van der Waals surface area contributed by atoms with Crippen molar-refractivity contribution in [2.45, 2.75) is 18.9 Å². The highest BCUT2D eigenvalue weighted by atomic mass is 16.1. The van der Waals surface area contributed by atoms with Crippen LogP contribution < -0.4 is 5.56 Å². The van der Waals surface area contributed by atoms with Gasteiger partial charge in [0, 0.05) is 36.5 Å². The highest BCUT2D eigenvalue weighted by Crippen LogP contribution is 2.27. The van der Waals surface area contributed by atoms with Gasteiger partial charge in [-0.15, -0.1) is 0 Å². The van der Waals surface area contributed by atoms with Gasteiger partial charge in [-0.1, -0.05) is 60.7 Å². The predicted octanol–water partition coefficient (Wildman–Crippen LogP) is 3.68. The Hall–Kier alpha value is -3.18. The molecule has 1 N–H and O–H groups in total. The van der Waals surface area contributed by atoms with Crippen molar-refractivity contribution in [2.75, 3.05) is 13.1 Å². The number of rotatable bonds is 4. The quantitative estimate of drug-likeness (QED) is 0.596. The number of H-pyrrole nitrogens is 1. The fourth-order valence-corrected chi connectivity index (χ4v) is 4.11. The summed E-state index contributed by atoms with van der Waals surface area (Å²) in [5.74, 6) is 1.13. The maximum Gasteiger partial charge on any atom is 0.274 e. The fourth-order valence-electron chi connectivity index (χ4n) is 4.11. The maximum atomic E-state index is 12.6. The molecule has 1 aliphatic rings. The molecule has 5 heteroatoms. The molecule has 2 aromatic heterocycles. The van der Waals surface area contributed by atoms with E-state index in [1.54, 1.807) is 6.20 Å². The first-order chi connectivity index (χ1) is 13.8. The maximum absolute atomic E-state index is 12.6. The number of nitrogens with zero attached hydrogens (tertiary/aromatic N) is 3. The zero-order valence-corrected chi connectivity index (χ0v) is 15.6. The molecule has 4 aromatic rings. The van der Waals surface area contributed by atoms with Crippen LogP contribution in [-0.2, 0) is 6.54 Å². The molecule has 140 valence electrons. The van der Waals surface area contributed by atoms with Gasteiger partial charge < -0.3 is 4.98 Å². The molecule has 5 rings (SSSR count). The van der Waals surface area contributed by atoms with Gasteiger partial charge in [0.1, 0.15) is 11.3 Å². The Morgan fingerprint density at radius 2 is 1.79 bits per heavy atom. The van der Waals surface area contributed by atoms with E-state index in [2.05, 4.69) is 45.3 Å². The fraction of sp³-hybridized carbons (Fsp3) is 0.217. The van der Waals surface area contributed by atoms with Gasteiger partial charge in [0.25, 0.3) is 5.56 Å². The van der Waals surface area contributed by atoms with E-state index in [0.29, 0.717) is 11.4 Å². The molecule has 1 fully saturated rings. The van der Waals surface area contributed by atoms with Crippen molar-refractivity contribution in [1.82, 2.24) is 19.3 Å². The number of hydrogen-bond acceptors (Lipinski definition) is 3. The monoisotopic (exact) mass is 370 g/mol. The van der Waals surface area contributed by atoms with Gasteiger partial charge in [-0.3, -0.25) is 14.1 Å². The lowest BCUT2D eigenvalue weighted by Gasteiger charge is -2.16. The molecule has 0 bridgehead atoms. The van der Waals surface area contributed by atoms with Gasteiger partial charge in [0.15, 0.2) is 0 Å². The molecule has 3 heterocycles. The van der Waals surface area contributed by atoms with Gasteiger partial charge in [-0.05, 0) is 18.5 Å². The van der Waals surface area contributed by atoms with Crippen LogP contribution in [0.4, 0.5) is 0 Å². The SMILES string of the molecule is O=c1[nH]c(C2CCN(Cc3ccccc3)C2)cn2c(-c3ccccc3)ncc12. The lowest BCUT2D eigenvalue weighted by Crippen LogP contribution is -2.21. The number of aromatic nitrogens is 3. The minimum Gasteiger partial charge on any atom is -0.323 e. The average molecular weight is 370 g/mol. The van der Waals surface area contributed by atoms with Crippen molar-refractivity contribution < 1.29 is 0 Å². The Labute approximate surface area is 163 Å². The topological polar surface area (TPSA) is 53.4 Å². The van der Waals surface area contributed by atoms with Crippen molar-refractivity contribution in [1.29, 1.82) is 0 Å². The second kappa shape index (κ2) is 7.09. The Kier molecular flexibility index (Phi) is 4.29. The number of fused-ring (bicyclic) bond motifs is 1. The molecule has 0 spiro atoms. The lowest BCUT2D eigenvalue weighted by atomic mass is 10.1. The van der Waals surface area contributed by atoms with Crippen LogP contribution in [0.15, 0.2) is 77.9 Å². The van der Waals surface area contributed by atoms with Crippen molar-refractivity contribution in [2.24, 2.45) is 0 Å². The zero-order valence-electron chi connectivity index (χ0n) is 15.6. The van der Waals surface area contributed by atoms with Crippen molar-refractivity contribution in [3.8, 4) is 11.4 Å². The number of hydrogen-bond donors (Lipinski definition) is 1. The van der Waals surface area contributed by atoms with Gasteiger partial charge >= 0.3 is 0 Å². The van der Waals surface area contributed by atoms with E-state index in [9.17, 15) is 4.79 Å². The summed E-state index contributed by atoms with van der Waals surface area (Å²) in [4.78, 5) is 22.7. The first-order valence-electron chi connectivity index (χ1n) is 9.70. The van der Waals surface area contributed by atoms with Crippen molar-refractivity contribution >= 4 is 5.52 Å². The summed E-state index contributed by atoms with van der Waals surface area (Å²) in [5.41, 5.74) is 3.84. The molecule has 0 radical (unpaired) electrons. The average Bonchev–Trinajstić information content (AvgIpc) is 3.37. The summed E-state index contributed by atoms with van der Waals surface area (Å²) >= 11 is 0. The van der Waals surface area contributed by atoms with Crippen molar-refractivity contribution in [3.05, 3.63) is 94.7 Å². The highest BCUT2D eigenvalue weighted by molar-refractivity contribution is 5.61. The molecule has 2 aromatic carbocycles. The third kappa shape index (κ3) is 3.14. The summed E-state index contributed by atoms with van der Waals surface area (Å²) in [7, 11) is 0. The van der Waals surface area contributed by atoms with E-state index in [0.717, 1.165) is 43.1 Å². The number of imidazole rings is 1. The standard InChI is InChI=1S/C23H22N4O/c28-23-21-13-24-22(18-9-5-2-6-10-18)27(21)16-20(25-23)19-11-12-26(15-19)14-17-7-3-1-4-8-17/h1-10,13,16,19H,11-12,14-15H2,(H,25,28). The van der Waals surface area contributed by atoms with Crippen molar-refractivity contribution in [3.63, 3.8) is 0 Å². The lowest BCUT2D eigenvalue weighted by molar-refractivity contribution is 0.326. The van der Waals surface area contributed by atoms with E-state index in [1.165, 1.54) is 5.56 Å². The third-order valence-electron chi connectivity index (χ3n) is 5.55. The molecule has 1 unspecified atom stereocenters. The molecule has 1 atom stereocenters. The third-order valence-corrected chi connectivity index (χ3v) is 5.55. The highest BCUT2D eigenvalue weighted by Gasteiger charge is 2.25. The smallest absolute Gasteiger partial charge is 0.274 e. The molecular formula is C23H22N4O. The summed E-state index contributed by atoms with van der Waals surface area (Å²) in [6, 6.07) is 20.5. The molecule has 1 aliphatic heterocycles. The normalized spacial score (nSPS) is 17.4. The van der Waals surface area contributed by atoms with Gasteiger partial charge in [-0.25, -0.2) is 4.98 Å². The Bertz CT molecular complexity index is 1150. The number of nitrogens with one attached hydrogen (secondary N) is 1. The van der Waals surface area contributed by atoms with E-state index >= 15 is 0 Å². The van der Waals surface area contributed by atoms with Crippen LogP contribution in [-0.4, -0.2) is 32.4 Å². The number of aromatic amines is 1. The summed E-state index contributed by atoms with van der Waals surface area (Å²) < 4.78 is 1.93. The van der Waals surface area contributed by atoms with Crippen LogP contribution >= 0.6 is 0 Å². The van der Waals surface area contributed by atoms with E-state index in [-0.39, 0.29) is 5.56 Å². The summed E-state index contributed by atoms with van der Waals surface area (Å²) in [6.45, 7) is 2.94. The second-order valence-electron chi connectivity index (χ2n) is 7.45. The molecule has 5 nitrogen and oxygen atoms in total.